The van der Waals surface area contributed by atoms with Crippen molar-refractivity contribution >= 4 is 11.7 Å². The maximum absolute atomic E-state index is 12.4. The van der Waals surface area contributed by atoms with Gasteiger partial charge in [0.1, 0.15) is 5.82 Å². The molecule has 29 heavy (non-hydrogen) atoms. The molecule has 0 spiro atoms. The van der Waals surface area contributed by atoms with E-state index in [0.717, 1.165) is 26.1 Å². The number of ether oxygens (including phenoxy) is 2. The number of hydrogen-bond donors (Lipinski definition) is 2. The average Bonchev–Trinajstić information content (AvgIpc) is 3.17. The Morgan fingerprint density at radius 1 is 1.24 bits per heavy atom. The van der Waals surface area contributed by atoms with Crippen LogP contribution in [0.3, 0.4) is 0 Å². The van der Waals surface area contributed by atoms with E-state index in [1.54, 1.807) is 18.2 Å². The van der Waals surface area contributed by atoms with Gasteiger partial charge in [0.25, 0.3) is 0 Å². The molecule has 0 atom stereocenters. The zero-order valence-electron chi connectivity index (χ0n) is 16.4. The third-order valence-corrected chi connectivity index (χ3v) is 4.85. The molecule has 1 fully saturated rings. The Bertz CT molecular complexity index is 807. The first-order valence-electron chi connectivity index (χ1n) is 9.76. The van der Waals surface area contributed by atoms with Crippen LogP contribution in [0.4, 0.5) is 14.6 Å². The normalized spacial score (nSPS) is 14.8. The second-order valence-corrected chi connectivity index (χ2v) is 6.97. The zero-order valence-corrected chi connectivity index (χ0v) is 16.4. The van der Waals surface area contributed by atoms with Gasteiger partial charge < -0.3 is 19.7 Å². The summed E-state index contributed by atoms with van der Waals surface area (Å²) in [5.41, 5.74) is 1.20. The van der Waals surface area contributed by atoms with E-state index in [1.165, 1.54) is 32.4 Å². The highest BCUT2D eigenvalue weighted by molar-refractivity contribution is 5.90. The highest BCUT2D eigenvalue weighted by atomic mass is 19.3. The molecule has 1 aliphatic heterocycles. The number of benzene rings is 1. The van der Waals surface area contributed by atoms with E-state index in [0.29, 0.717) is 23.5 Å². The Morgan fingerprint density at radius 2 is 2.03 bits per heavy atom. The fraction of sp³-hybridized carbons (Fsp3) is 0.500. The van der Waals surface area contributed by atoms with Crippen molar-refractivity contribution in [3.63, 3.8) is 0 Å². The number of aromatic amines is 1. The quantitative estimate of drug-likeness (QED) is 0.658. The van der Waals surface area contributed by atoms with Crippen molar-refractivity contribution in [2.24, 2.45) is 0 Å². The van der Waals surface area contributed by atoms with Crippen LogP contribution in [0, 0.1) is 0 Å². The predicted molar refractivity (Wildman–Crippen MR) is 105 cm³/mol. The first-order chi connectivity index (χ1) is 14.0. The van der Waals surface area contributed by atoms with Crippen molar-refractivity contribution in [1.82, 2.24) is 15.1 Å². The summed E-state index contributed by atoms with van der Waals surface area (Å²) in [6.07, 6.45) is 5.03. The Kier molecular flexibility index (Phi) is 7.40. The Labute approximate surface area is 168 Å². The fourth-order valence-electron chi connectivity index (χ4n) is 3.41. The maximum Gasteiger partial charge on any atom is 0.387 e. The van der Waals surface area contributed by atoms with E-state index in [2.05, 4.69) is 25.2 Å². The Morgan fingerprint density at radius 3 is 2.76 bits per heavy atom. The summed E-state index contributed by atoms with van der Waals surface area (Å²) in [6.45, 7) is 0.248. The minimum absolute atomic E-state index is 0.0518. The molecule has 7 nitrogen and oxygen atoms in total. The second-order valence-electron chi connectivity index (χ2n) is 6.97. The summed E-state index contributed by atoms with van der Waals surface area (Å²) in [4.78, 5) is 14.6. The van der Waals surface area contributed by atoms with E-state index < -0.39 is 6.61 Å². The SMILES string of the molecule is COc1cc(-c2cc(NC(=O)CCCN3CCCCC3)[nH]n2)ccc1OC(F)F. The monoisotopic (exact) mass is 408 g/mol. The van der Waals surface area contributed by atoms with E-state index in [9.17, 15) is 13.6 Å². The molecular formula is C20H26F2N4O3. The Hall–Kier alpha value is -2.68. The highest BCUT2D eigenvalue weighted by Gasteiger charge is 2.14. The minimum atomic E-state index is -2.93. The van der Waals surface area contributed by atoms with Crippen LogP contribution in [0.1, 0.15) is 32.1 Å². The van der Waals surface area contributed by atoms with Gasteiger partial charge in [-0.2, -0.15) is 13.9 Å². The number of piperidine rings is 1. The van der Waals surface area contributed by atoms with Crippen LogP contribution >= 0.6 is 0 Å². The van der Waals surface area contributed by atoms with E-state index in [4.69, 9.17) is 4.74 Å². The molecule has 1 saturated heterocycles. The molecule has 0 bridgehead atoms. The summed E-state index contributed by atoms with van der Waals surface area (Å²) in [6, 6.07) is 6.23. The van der Waals surface area contributed by atoms with Crippen molar-refractivity contribution < 1.29 is 23.0 Å². The number of aromatic nitrogens is 2. The van der Waals surface area contributed by atoms with E-state index in [1.807, 2.05) is 0 Å². The van der Waals surface area contributed by atoms with Crippen LogP contribution in [0.15, 0.2) is 24.3 Å². The summed E-state index contributed by atoms with van der Waals surface area (Å²) in [5.74, 6) is 0.531. The number of amides is 1. The zero-order chi connectivity index (χ0) is 20.6. The van der Waals surface area contributed by atoms with E-state index in [-0.39, 0.29) is 17.4 Å². The van der Waals surface area contributed by atoms with Gasteiger partial charge in [0.2, 0.25) is 5.91 Å². The number of halogens is 2. The molecule has 1 aliphatic rings. The van der Waals surface area contributed by atoms with Crippen LogP contribution in [0.25, 0.3) is 11.3 Å². The first kappa shape index (κ1) is 21.0. The Balaban J connectivity index is 1.53. The van der Waals surface area contributed by atoms with Gasteiger partial charge >= 0.3 is 6.61 Å². The summed E-state index contributed by atoms with van der Waals surface area (Å²) in [7, 11) is 1.37. The molecule has 2 N–H and O–H groups in total. The predicted octanol–water partition coefficient (Wildman–Crippen LogP) is 3.89. The number of likely N-dealkylation sites (tertiary alicyclic amines) is 1. The molecule has 2 aromatic rings. The number of carbonyl (C=O) groups excluding carboxylic acids is 1. The summed E-state index contributed by atoms with van der Waals surface area (Å²) >= 11 is 0. The molecule has 1 aromatic carbocycles. The van der Waals surface area contributed by atoms with Crippen LogP contribution in [-0.2, 0) is 4.79 Å². The molecule has 9 heteroatoms. The maximum atomic E-state index is 12.4. The van der Waals surface area contributed by atoms with Gasteiger partial charge in [-0.1, -0.05) is 6.42 Å². The van der Waals surface area contributed by atoms with E-state index >= 15 is 0 Å². The van der Waals surface area contributed by atoms with Crippen LogP contribution < -0.4 is 14.8 Å². The number of alkyl halides is 2. The number of methoxy groups -OCH3 is 1. The number of hydrogen-bond acceptors (Lipinski definition) is 5. The van der Waals surface area contributed by atoms with Crippen molar-refractivity contribution in [2.45, 2.75) is 38.7 Å². The lowest BCUT2D eigenvalue weighted by atomic mass is 10.1. The molecule has 1 amide bonds. The molecule has 158 valence electrons. The smallest absolute Gasteiger partial charge is 0.387 e. The number of rotatable bonds is 9. The third kappa shape index (κ3) is 6.15. The largest absolute Gasteiger partial charge is 0.493 e. The van der Waals surface area contributed by atoms with Gasteiger partial charge in [-0.15, -0.1) is 0 Å². The lowest BCUT2D eigenvalue weighted by Crippen LogP contribution is -2.31. The van der Waals surface area contributed by atoms with Crippen molar-refractivity contribution in [1.29, 1.82) is 0 Å². The number of nitrogens with zero attached hydrogens (tertiary/aromatic N) is 2. The molecule has 1 aromatic heterocycles. The molecular weight excluding hydrogens is 382 g/mol. The van der Waals surface area contributed by atoms with Crippen LogP contribution in [0.2, 0.25) is 0 Å². The highest BCUT2D eigenvalue weighted by Crippen LogP contribution is 2.33. The van der Waals surface area contributed by atoms with Gasteiger partial charge in [0, 0.05) is 18.1 Å². The first-order valence-corrected chi connectivity index (χ1v) is 9.76. The lowest BCUT2D eigenvalue weighted by molar-refractivity contribution is -0.116. The average molecular weight is 408 g/mol. The fourth-order valence-corrected chi connectivity index (χ4v) is 3.41. The number of carbonyl (C=O) groups is 1. The molecule has 2 heterocycles. The van der Waals surface area contributed by atoms with Crippen LogP contribution in [0.5, 0.6) is 11.5 Å². The van der Waals surface area contributed by atoms with Gasteiger partial charge in [-0.25, -0.2) is 0 Å². The molecule has 0 radical (unpaired) electrons. The summed E-state index contributed by atoms with van der Waals surface area (Å²) in [5, 5.41) is 9.75. The van der Waals surface area contributed by atoms with Gasteiger partial charge in [-0.3, -0.25) is 9.89 Å². The van der Waals surface area contributed by atoms with Crippen molar-refractivity contribution in [3.05, 3.63) is 24.3 Å². The molecule has 0 aliphatic carbocycles. The number of H-pyrrole nitrogens is 1. The minimum Gasteiger partial charge on any atom is -0.493 e. The summed E-state index contributed by atoms with van der Waals surface area (Å²) < 4.78 is 34.4. The standard InChI is InChI=1S/C20H26F2N4O3/c1-28-17-12-14(7-8-16(17)29-20(21)22)15-13-18(25-24-15)23-19(27)6-5-11-26-9-3-2-4-10-26/h7-8,12-13,20H,2-6,9-11H2,1H3,(H2,23,24,25,27). The van der Waals surface area contributed by atoms with Gasteiger partial charge in [0.05, 0.1) is 12.8 Å². The number of nitrogens with one attached hydrogen (secondary N) is 2. The molecule has 0 saturated carbocycles. The number of anilines is 1. The topological polar surface area (TPSA) is 79.5 Å². The second kappa shape index (κ2) is 10.2. The van der Waals surface area contributed by atoms with Crippen molar-refractivity contribution in [3.8, 4) is 22.8 Å². The molecule has 3 rings (SSSR count). The van der Waals surface area contributed by atoms with Crippen molar-refractivity contribution in [2.75, 3.05) is 32.1 Å². The molecule has 0 unspecified atom stereocenters. The van der Waals surface area contributed by atoms with Gasteiger partial charge in [0.15, 0.2) is 11.5 Å². The van der Waals surface area contributed by atoms with Crippen LogP contribution in [-0.4, -0.2) is 54.4 Å². The van der Waals surface area contributed by atoms with Gasteiger partial charge in [-0.05, 0) is 57.1 Å². The lowest BCUT2D eigenvalue weighted by Gasteiger charge is -2.26. The third-order valence-electron chi connectivity index (χ3n) is 4.85.